The maximum absolute atomic E-state index is 13.1. The summed E-state index contributed by atoms with van der Waals surface area (Å²) < 4.78 is 7.50. The molecule has 26 heavy (non-hydrogen) atoms. The Morgan fingerprint density at radius 2 is 2.08 bits per heavy atom. The molecule has 1 aliphatic rings. The summed E-state index contributed by atoms with van der Waals surface area (Å²) in [4.78, 5) is 19.5. The average Bonchev–Trinajstić information content (AvgIpc) is 3.39. The highest BCUT2D eigenvalue weighted by Crippen LogP contribution is 2.31. The SMILES string of the molecule is CCOc1ccccc1CN(C(=O)c1cn2cc(Cl)ccc2n1)C1CC1. The Labute approximate surface area is 157 Å². The monoisotopic (exact) mass is 369 g/mol. The van der Waals surface area contributed by atoms with Gasteiger partial charge in [0.15, 0.2) is 0 Å². The van der Waals surface area contributed by atoms with E-state index in [0.29, 0.717) is 29.5 Å². The molecule has 1 fully saturated rings. The van der Waals surface area contributed by atoms with Crippen molar-refractivity contribution >= 4 is 23.2 Å². The zero-order chi connectivity index (χ0) is 18.1. The van der Waals surface area contributed by atoms with E-state index in [9.17, 15) is 4.79 Å². The lowest BCUT2D eigenvalue weighted by Gasteiger charge is -2.23. The third-order valence-electron chi connectivity index (χ3n) is 4.50. The van der Waals surface area contributed by atoms with Gasteiger partial charge in [0.1, 0.15) is 17.1 Å². The summed E-state index contributed by atoms with van der Waals surface area (Å²) in [5.41, 5.74) is 2.16. The van der Waals surface area contributed by atoms with Gasteiger partial charge in [0, 0.05) is 30.5 Å². The van der Waals surface area contributed by atoms with Gasteiger partial charge in [0.2, 0.25) is 0 Å². The molecule has 1 saturated carbocycles. The van der Waals surface area contributed by atoms with Crippen molar-refractivity contribution in [2.45, 2.75) is 32.4 Å². The van der Waals surface area contributed by atoms with Crippen LogP contribution in [0.25, 0.3) is 5.65 Å². The van der Waals surface area contributed by atoms with E-state index in [1.807, 2.05) is 42.2 Å². The number of ether oxygens (including phenoxy) is 1. The fourth-order valence-corrected chi connectivity index (χ4v) is 3.25. The molecule has 0 atom stereocenters. The van der Waals surface area contributed by atoms with Crippen molar-refractivity contribution in [2.75, 3.05) is 6.61 Å². The molecule has 0 saturated heterocycles. The number of aromatic nitrogens is 2. The lowest BCUT2D eigenvalue weighted by atomic mass is 10.1. The topological polar surface area (TPSA) is 46.8 Å². The number of carbonyl (C=O) groups is 1. The second kappa shape index (κ2) is 7.00. The van der Waals surface area contributed by atoms with Crippen molar-refractivity contribution < 1.29 is 9.53 Å². The standard InChI is InChI=1S/C20H20ClN3O2/c1-2-26-18-6-4-3-5-14(18)11-24(16-8-9-16)20(25)17-13-23-12-15(21)7-10-19(23)22-17/h3-7,10,12-13,16H,2,8-9,11H2,1H3. The van der Waals surface area contributed by atoms with Gasteiger partial charge in [-0.15, -0.1) is 0 Å². The van der Waals surface area contributed by atoms with Crippen LogP contribution in [0, 0.1) is 0 Å². The molecule has 0 radical (unpaired) electrons. The minimum atomic E-state index is -0.0568. The van der Waals surface area contributed by atoms with Crippen molar-refractivity contribution in [1.29, 1.82) is 0 Å². The first-order valence-electron chi connectivity index (χ1n) is 8.81. The molecule has 0 N–H and O–H groups in total. The fourth-order valence-electron chi connectivity index (χ4n) is 3.08. The molecule has 6 heteroatoms. The van der Waals surface area contributed by atoms with Gasteiger partial charge in [-0.25, -0.2) is 4.98 Å². The summed E-state index contributed by atoms with van der Waals surface area (Å²) in [6.07, 6.45) is 5.56. The van der Waals surface area contributed by atoms with Gasteiger partial charge in [-0.1, -0.05) is 29.8 Å². The summed E-state index contributed by atoms with van der Waals surface area (Å²) >= 11 is 6.03. The third kappa shape index (κ3) is 3.40. The molecule has 134 valence electrons. The maximum atomic E-state index is 13.1. The van der Waals surface area contributed by atoms with Gasteiger partial charge in [-0.3, -0.25) is 4.79 Å². The highest BCUT2D eigenvalue weighted by Gasteiger charge is 2.34. The van der Waals surface area contributed by atoms with Crippen LogP contribution in [-0.4, -0.2) is 32.8 Å². The Hall–Kier alpha value is -2.53. The van der Waals surface area contributed by atoms with E-state index in [2.05, 4.69) is 4.98 Å². The van der Waals surface area contributed by atoms with E-state index < -0.39 is 0 Å². The number of rotatable bonds is 6. The van der Waals surface area contributed by atoms with Crippen molar-refractivity contribution in [2.24, 2.45) is 0 Å². The first-order chi connectivity index (χ1) is 12.7. The minimum absolute atomic E-state index is 0.0568. The number of para-hydroxylation sites is 1. The van der Waals surface area contributed by atoms with Crippen LogP contribution >= 0.6 is 11.6 Å². The molecule has 2 aromatic heterocycles. The van der Waals surface area contributed by atoms with E-state index in [0.717, 1.165) is 24.2 Å². The van der Waals surface area contributed by atoms with E-state index in [1.54, 1.807) is 22.9 Å². The van der Waals surface area contributed by atoms with Gasteiger partial charge >= 0.3 is 0 Å². The molecule has 2 heterocycles. The maximum Gasteiger partial charge on any atom is 0.274 e. The predicted octanol–water partition coefficient (Wildman–Crippen LogP) is 4.19. The molecule has 5 nitrogen and oxygen atoms in total. The van der Waals surface area contributed by atoms with Gasteiger partial charge in [-0.2, -0.15) is 0 Å². The number of carbonyl (C=O) groups excluding carboxylic acids is 1. The van der Waals surface area contributed by atoms with Crippen LogP contribution in [0.1, 0.15) is 35.8 Å². The van der Waals surface area contributed by atoms with Gasteiger partial charge < -0.3 is 14.0 Å². The molecule has 0 unspecified atom stereocenters. The third-order valence-corrected chi connectivity index (χ3v) is 4.72. The number of imidazole rings is 1. The van der Waals surface area contributed by atoms with E-state index in [4.69, 9.17) is 16.3 Å². The number of benzene rings is 1. The molecular weight excluding hydrogens is 350 g/mol. The second-order valence-corrected chi connectivity index (χ2v) is 6.88. The number of hydrogen-bond acceptors (Lipinski definition) is 3. The minimum Gasteiger partial charge on any atom is -0.494 e. The van der Waals surface area contributed by atoms with Crippen molar-refractivity contribution in [3.63, 3.8) is 0 Å². The Bertz CT molecular complexity index is 949. The Morgan fingerprint density at radius 1 is 1.27 bits per heavy atom. The molecule has 1 aromatic carbocycles. The molecule has 3 aromatic rings. The summed E-state index contributed by atoms with van der Waals surface area (Å²) in [5, 5.41) is 0.610. The Balaban J connectivity index is 1.63. The normalized spacial score (nSPS) is 13.8. The lowest BCUT2D eigenvalue weighted by Crippen LogP contribution is -2.33. The number of fused-ring (bicyclic) bond motifs is 1. The van der Waals surface area contributed by atoms with E-state index in [1.165, 1.54) is 0 Å². The summed E-state index contributed by atoms with van der Waals surface area (Å²) in [6.45, 7) is 3.08. The molecule has 1 aliphatic carbocycles. The molecule has 1 amide bonds. The van der Waals surface area contributed by atoms with Crippen LogP contribution in [0.3, 0.4) is 0 Å². The molecular formula is C20H20ClN3O2. The van der Waals surface area contributed by atoms with Crippen LogP contribution in [0.4, 0.5) is 0 Å². The second-order valence-electron chi connectivity index (χ2n) is 6.44. The lowest BCUT2D eigenvalue weighted by molar-refractivity contribution is 0.0723. The summed E-state index contributed by atoms with van der Waals surface area (Å²) in [5.74, 6) is 0.772. The first kappa shape index (κ1) is 16.9. The highest BCUT2D eigenvalue weighted by atomic mass is 35.5. The van der Waals surface area contributed by atoms with Crippen LogP contribution in [0.15, 0.2) is 48.8 Å². The van der Waals surface area contributed by atoms with Crippen molar-refractivity contribution in [1.82, 2.24) is 14.3 Å². The van der Waals surface area contributed by atoms with Crippen molar-refractivity contribution in [3.05, 3.63) is 65.1 Å². The summed E-state index contributed by atoms with van der Waals surface area (Å²) in [7, 11) is 0. The Kier molecular flexibility index (Phi) is 4.55. The fraction of sp³-hybridized carbons (Fsp3) is 0.300. The smallest absolute Gasteiger partial charge is 0.274 e. The molecule has 0 bridgehead atoms. The number of pyridine rings is 1. The van der Waals surface area contributed by atoms with Crippen LogP contribution in [0.2, 0.25) is 5.02 Å². The van der Waals surface area contributed by atoms with E-state index >= 15 is 0 Å². The molecule has 0 spiro atoms. The van der Waals surface area contributed by atoms with Crippen molar-refractivity contribution in [3.8, 4) is 5.75 Å². The summed E-state index contributed by atoms with van der Waals surface area (Å²) in [6, 6.07) is 11.7. The zero-order valence-electron chi connectivity index (χ0n) is 14.6. The van der Waals surface area contributed by atoms with Gasteiger partial charge in [0.25, 0.3) is 5.91 Å². The number of halogens is 1. The van der Waals surface area contributed by atoms with Crippen LogP contribution in [-0.2, 0) is 6.54 Å². The quantitative estimate of drug-likeness (QED) is 0.654. The number of amides is 1. The van der Waals surface area contributed by atoms with Gasteiger partial charge in [-0.05, 0) is 38.0 Å². The predicted molar refractivity (Wildman–Crippen MR) is 101 cm³/mol. The highest BCUT2D eigenvalue weighted by molar-refractivity contribution is 6.30. The van der Waals surface area contributed by atoms with Crippen LogP contribution in [0.5, 0.6) is 5.75 Å². The first-order valence-corrected chi connectivity index (χ1v) is 9.19. The number of nitrogens with zero attached hydrogens (tertiary/aromatic N) is 3. The Morgan fingerprint density at radius 3 is 2.85 bits per heavy atom. The largest absolute Gasteiger partial charge is 0.494 e. The zero-order valence-corrected chi connectivity index (χ0v) is 15.3. The van der Waals surface area contributed by atoms with E-state index in [-0.39, 0.29) is 11.9 Å². The average molecular weight is 370 g/mol. The van der Waals surface area contributed by atoms with Gasteiger partial charge in [0.05, 0.1) is 11.6 Å². The molecule has 4 rings (SSSR count). The molecule has 0 aliphatic heterocycles. The number of hydrogen-bond donors (Lipinski definition) is 0. The van der Waals surface area contributed by atoms with Crippen LogP contribution < -0.4 is 4.74 Å².